The van der Waals surface area contributed by atoms with E-state index >= 15 is 0 Å². The number of rotatable bonds is 5. The minimum absolute atomic E-state index is 0.0618. The maximum atomic E-state index is 13.2. The van der Waals surface area contributed by atoms with Crippen LogP contribution in [0.25, 0.3) is 0 Å². The SMILES string of the molecule is CO[C@@]12C[C@H]3C[C@@H](C1)[C@H](C(NC(=O)C(F)(F)F)c1ccccc1)[C@](OC(=O)C(F)(F)F)(C3)C2. The van der Waals surface area contributed by atoms with Crippen molar-refractivity contribution >= 4 is 11.9 Å². The number of methoxy groups -OCH3 is 1. The molecule has 182 valence electrons. The maximum absolute atomic E-state index is 13.2. The van der Waals surface area contributed by atoms with Crippen LogP contribution in [0.4, 0.5) is 26.3 Å². The predicted molar refractivity (Wildman–Crippen MR) is 102 cm³/mol. The third-order valence-electron chi connectivity index (χ3n) is 7.32. The molecule has 5 nitrogen and oxygen atoms in total. The van der Waals surface area contributed by atoms with Gasteiger partial charge in [0.05, 0.1) is 11.6 Å². The zero-order chi connectivity index (χ0) is 24.2. The summed E-state index contributed by atoms with van der Waals surface area (Å²) in [5.74, 6) is -6.11. The van der Waals surface area contributed by atoms with Crippen molar-refractivity contribution in [2.45, 2.75) is 61.7 Å². The van der Waals surface area contributed by atoms with Gasteiger partial charge in [-0.2, -0.15) is 26.3 Å². The number of benzene rings is 1. The number of nitrogens with one attached hydrogen (secondary N) is 1. The first-order valence-corrected chi connectivity index (χ1v) is 10.6. The van der Waals surface area contributed by atoms with E-state index in [4.69, 9.17) is 9.47 Å². The van der Waals surface area contributed by atoms with Crippen LogP contribution < -0.4 is 5.32 Å². The Labute approximate surface area is 185 Å². The lowest BCUT2D eigenvalue weighted by atomic mass is 9.46. The lowest BCUT2D eigenvalue weighted by Crippen LogP contribution is -2.68. The Hall–Kier alpha value is -2.30. The van der Waals surface area contributed by atoms with E-state index in [0.717, 1.165) is 0 Å². The summed E-state index contributed by atoms with van der Waals surface area (Å²) < 4.78 is 89.9. The Kier molecular flexibility index (Phi) is 5.70. The monoisotopic (exact) mass is 479 g/mol. The molecule has 4 fully saturated rings. The number of carbonyl (C=O) groups excluding carboxylic acids is 2. The Morgan fingerprint density at radius 2 is 1.70 bits per heavy atom. The first-order chi connectivity index (χ1) is 15.3. The molecule has 11 heteroatoms. The lowest BCUT2D eigenvalue weighted by Gasteiger charge is -2.65. The zero-order valence-corrected chi connectivity index (χ0v) is 17.6. The van der Waals surface area contributed by atoms with Crippen molar-refractivity contribution < 1.29 is 45.4 Å². The van der Waals surface area contributed by atoms with Crippen LogP contribution in [0, 0.1) is 17.8 Å². The first kappa shape index (κ1) is 23.8. The highest BCUT2D eigenvalue weighted by Gasteiger charge is 2.68. The van der Waals surface area contributed by atoms with Gasteiger partial charge in [-0.05, 0) is 43.1 Å². The van der Waals surface area contributed by atoms with Crippen molar-refractivity contribution in [3.63, 3.8) is 0 Å². The fourth-order valence-electron chi connectivity index (χ4n) is 6.51. The highest BCUT2D eigenvalue weighted by Crippen LogP contribution is 2.65. The molecule has 1 N–H and O–H groups in total. The molecule has 4 bridgehead atoms. The number of esters is 1. The van der Waals surface area contributed by atoms with Crippen molar-refractivity contribution in [1.29, 1.82) is 0 Å². The number of halogens is 6. The molecule has 0 aromatic heterocycles. The summed E-state index contributed by atoms with van der Waals surface area (Å²) in [6.07, 6.45) is -8.99. The van der Waals surface area contributed by atoms with Crippen LogP contribution in [0.2, 0.25) is 0 Å². The van der Waals surface area contributed by atoms with E-state index in [2.05, 4.69) is 0 Å². The van der Waals surface area contributed by atoms with Gasteiger partial charge in [0.2, 0.25) is 0 Å². The summed E-state index contributed by atoms with van der Waals surface area (Å²) >= 11 is 0. The molecule has 33 heavy (non-hydrogen) atoms. The van der Waals surface area contributed by atoms with Crippen LogP contribution in [0.5, 0.6) is 0 Å². The van der Waals surface area contributed by atoms with Gasteiger partial charge < -0.3 is 14.8 Å². The largest absolute Gasteiger partial charge is 0.490 e. The van der Waals surface area contributed by atoms with Gasteiger partial charge in [-0.15, -0.1) is 0 Å². The van der Waals surface area contributed by atoms with Crippen LogP contribution in [0.3, 0.4) is 0 Å². The number of hydrogen-bond acceptors (Lipinski definition) is 4. The minimum Gasteiger partial charge on any atom is -0.452 e. The molecule has 1 aromatic carbocycles. The molecule has 6 atom stereocenters. The van der Waals surface area contributed by atoms with Crippen molar-refractivity contribution in [2.75, 3.05) is 7.11 Å². The molecule has 0 radical (unpaired) electrons. The van der Waals surface area contributed by atoms with Crippen LogP contribution in [-0.2, 0) is 19.1 Å². The fraction of sp³-hybridized carbons (Fsp3) is 0.636. The predicted octanol–water partition coefficient (Wildman–Crippen LogP) is 4.48. The van der Waals surface area contributed by atoms with Gasteiger partial charge in [-0.1, -0.05) is 30.3 Å². The molecule has 4 aliphatic rings. The molecule has 1 amide bonds. The van der Waals surface area contributed by atoms with Crippen LogP contribution >= 0.6 is 0 Å². The third kappa shape index (κ3) is 4.31. The van der Waals surface area contributed by atoms with Crippen molar-refractivity contribution in [2.24, 2.45) is 17.8 Å². The Bertz CT molecular complexity index is 920. The Morgan fingerprint density at radius 1 is 1.03 bits per heavy atom. The zero-order valence-electron chi connectivity index (χ0n) is 17.6. The average Bonchev–Trinajstić information content (AvgIpc) is 2.71. The lowest BCUT2D eigenvalue weighted by molar-refractivity contribution is -0.274. The van der Waals surface area contributed by atoms with Crippen LogP contribution in [0.1, 0.15) is 43.7 Å². The smallest absolute Gasteiger partial charge is 0.452 e. The molecule has 1 aromatic rings. The molecule has 0 heterocycles. The molecule has 0 spiro atoms. The number of ether oxygens (including phenoxy) is 2. The molecule has 4 saturated carbocycles. The number of alkyl halides is 6. The second kappa shape index (κ2) is 7.89. The molecule has 1 unspecified atom stereocenters. The van der Waals surface area contributed by atoms with Crippen LogP contribution in [0.15, 0.2) is 30.3 Å². The van der Waals surface area contributed by atoms with E-state index in [-0.39, 0.29) is 18.8 Å². The second-order valence-electron chi connectivity index (χ2n) is 9.38. The minimum atomic E-state index is -5.27. The number of amides is 1. The molecule has 0 saturated heterocycles. The summed E-state index contributed by atoms with van der Waals surface area (Å²) in [6.45, 7) is 0. The van der Waals surface area contributed by atoms with E-state index < -0.39 is 53.3 Å². The van der Waals surface area contributed by atoms with Crippen molar-refractivity contribution in [3.8, 4) is 0 Å². The third-order valence-corrected chi connectivity index (χ3v) is 7.32. The van der Waals surface area contributed by atoms with E-state index in [1.54, 1.807) is 18.2 Å². The molecular formula is C22H23F6NO4. The number of carbonyl (C=O) groups is 2. The van der Waals surface area contributed by atoms with Crippen molar-refractivity contribution in [1.82, 2.24) is 5.32 Å². The van der Waals surface area contributed by atoms with Gasteiger partial charge in [-0.25, -0.2) is 4.79 Å². The Balaban J connectivity index is 1.80. The highest BCUT2D eigenvalue weighted by atomic mass is 19.4. The molecule has 0 aliphatic heterocycles. The van der Waals surface area contributed by atoms with E-state index in [0.29, 0.717) is 24.8 Å². The highest BCUT2D eigenvalue weighted by molar-refractivity contribution is 5.82. The summed E-state index contributed by atoms with van der Waals surface area (Å²) in [5.41, 5.74) is -2.27. The van der Waals surface area contributed by atoms with Gasteiger partial charge in [0.25, 0.3) is 0 Å². The molecule has 5 rings (SSSR count). The maximum Gasteiger partial charge on any atom is 0.490 e. The standard InChI is InChI=1S/C22H23F6NO4/c1-32-19-8-12-7-14(10-19)15(20(9-12,11-19)33-18(31)22(26,27)28)16(13-5-3-2-4-6-13)29-17(30)21(23,24)25/h2-6,12,14-16H,7-11H2,1H3,(H,29,30)/t12-,14+,15-,16?,19+,20+/m1/s1. The van der Waals surface area contributed by atoms with Crippen molar-refractivity contribution in [3.05, 3.63) is 35.9 Å². The van der Waals surface area contributed by atoms with Crippen LogP contribution in [-0.4, -0.2) is 42.5 Å². The summed E-state index contributed by atoms with van der Waals surface area (Å²) in [4.78, 5) is 23.9. The van der Waals surface area contributed by atoms with E-state index in [9.17, 15) is 35.9 Å². The summed E-state index contributed by atoms with van der Waals surface area (Å²) in [5, 5.41) is 1.99. The quantitative estimate of drug-likeness (QED) is 0.500. The van der Waals surface area contributed by atoms with E-state index in [1.165, 1.54) is 19.2 Å². The van der Waals surface area contributed by atoms with Gasteiger partial charge >= 0.3 is 24.2 Å². The van der Waals surface area contributed by atoms with E-state index in [1.807, 2.05) is 5.32 Å². The average molecular weight is 479 g/mol. The molecule has 4 aliphatic carbocycles. The Morgan fingerprint density at radius 3 is 2.27 bits per heavy atom. The van der Waals surface area contributed by atoms with Gasteiger partial charge in [0, 0.05) is 19.4 Å². The van der Waals surface area contributed by atoms with Gasteiger partial charge in [-0.3, -0.25) is 4.79 Å². The second-order valence-corrected chi connectivity index (χ2v) is 9.38. The molecular weight excluding hydrogens is 456 g/mol. The van der Waals surface area contributed by atoms with Gasteiger partial charge in [0.1, 0.15) is 5.60 Å². The van der Waals surface area contributed by atoms with Gasteiger partial charge in [0.15, 0.2) is 0 Å². The summed E-state index contributed by atoms with van der Waals surface area (Å²) in [7, 11) is 1.43. The number of hydrogen-bond donors (Lipinski definition) is 1. The summed E-state index contributed by atoms with van der Waals surface area (Å²) in [6, 6.07) is 6.44. The topological polar surface area (TPSA) is 64.6 Å². The normalized spacial score (nSPS) is 34.1. The first-order valence-electron chi connectivity index (χ1n) is 10.6. The fourth-order valence-corrected chi connectivity index (χ4v) is 6.51.